The van der Waals surface area contributed by atoms with Crippen LogP contribution in [0, 0.1) is 0 Å². The molecule has 0 saturated heterocycles. The summed E-state index contributed by atoms with van der Waals surface area (Å²) in [6.07, 6.45) is -0.510. The number of nitrogens with one attached hydrogen (secondary N) is 1. The van der Waals surface area contributed by atoms with Crippen molar-refractivity contribution in [1.82, 2.24) is 0 Å². The van der Waals surface area contributed by atoms with Gasteiger partial charge in [0.2, 0.25) is 0 Å². The van der Waals surface area contributed by atoms with Gasteiger partial charge in [-0.25, -0.2) is 4.79 Å². The predicted octanol–water partition coefficient (Wildman–Crippen LogP) is 3.30. The topological polar surface area (TPSA) is 55.4 Å². The van der Waals surface area contributed by atoms with E-state index in [2.05, 4.69) is 5.32 Å². The zero-order valence-electron chi connectivity index (χ0n) is 9.79. The van der Waals surface area contributed by atoms with Crippen molar-refractivity contribution < 1.29 is 14.3 Å². The number of anilines is 1. The Morgan fingerprint density at radius 3 is 2.38 bits per heavy atom. The molecule has 0 aliphatic heterocycles. The van der Waals surface area contributed by atoms with Gasteiger partial charge in [-0.05, 0) is 39.8 Å². The SMILES string of the molecule is CC(=O)c1ccc(NC(=O)OC(C)(C)C)s1. The van der Waals surface area contributed by atoms with E-state index in [4.69, 9.17) is 4.74 Å². The molecule has 0 unspecified atom stereocenters. The number of amides is 1. The van der Waals surface area contributed by atoms with Crippen molar-refractivity contribution in [2.45, 2.75) is 33.3 Å². The Kier molecular flexibility index (Phi) is 3.70. The molecule has 1 aromatic rings. The van der Waals surface area contributed by atoms with Crippen molar-refractivity contribution in [3.63, 3.8) is 0 Å². The van der Waals surface area contributed by atoms with E-state index < -0.39 is 11.7 Å². The van der Waals surface area contributed by atoms with Crippen LogP contribution in [0.5, 0.6) is 0 Å². The fourth-order valence-electron chi connectivity index (χ4n) is 0.998. The Balaban J connectivity index is 2.60. The largest absolute Gasteiger partial charge is 0.444 e. The number of ketones is 1. The number of rotatable bonds is 2. The second-order valence-corrected chi connectivity index (χ2v) is 5.43. The van der Waals surface area contributed by atoms with Crippen LogP contribution in [0.3, 0.4) is 0 Å². The standard InChI is InChI=1S/C11H15NO3S/c1-7(13)8-5-6-9(16-8)12-10(14)15-11(2,3)4/h5-6H,1-4H3,(H,12,14). The molecule has 0 aromatic carbocycles. The molecule has 0 atom stereocenters. The summed E-state index contributed by atoms with van der Waals surface area (Å²) in [5.74, 6) is -0.0118. The first kappa shape index (κ1) is 12.7. The normalized spacial score (nSPS) is 11.0. The van der Waals surface area contributed by atoms with Gasteiger partial charge in [0.05, 0.1) is 9.88 Å². The summed E-state index contributed by atoms with van der Waals surface area (Å²) in [6, 6.07) is 3.37. The van der Waals surface area contributed by atoms with E-state index in [9.17, 15) is 9.59 Å². The zero-order chi connectivity index (χ0) is 12.3. The molecular weight excluding hydrogens is 226 g/mol. The third kappa shape index (κ3) is 4.02. The highest BCUT2D eigenvalue weighted by Crippen LogP contribution is 2.22. The Morgan fingerprint density at radius 1 is 1.31 bits per heavy atom. The molecule has 0 saturated carbocycles. The minimum absolute atomic E-state index is 0.0118. The highest BCUT2D eigenvalue weighted by molar-refractivity contribution is 7.18. The molecule has 4 nitrogen and oxygen atoms in total. The fraction of sp³-hybridized carbons (Fsp3) is 0.455. The second kappa shape index (κ2) is 4.65. The Bertz CT molecular complexity index is 404. The lowest BCUT2D eigenvalue weighted by molar-refractivity contribution is 0.0636. The third-order valence-corrected chi connectivity index (χ3v) is 2.68. The van der Waals surface area contributed by atoms with Crippen LogP contribution < -0.4 is 5.32 Å². The lowest BCUT2D eigenvalue weighted by Gasteiger charge is -2.19. The maximum absolute atomic E-state index is 11.4. The first-order valence-electron chi connectivity index (χ1n) is 4.89. The van der Waals surface area contributed by atoms with Gasteiger partial charge >= 0.3 is 6.09 Å². The highest BCUT2D eigenvalue weighted by Gasteiger charge is 2.16. The van der Waals surface area contributed by atoms with Crippen molar-refractivity contribution in [3.05, 3.63) is 17.0 Å². The molecule has 1 rings (SSSR count). The number of carbonyl (C=O) groups excluding carboxylic acids is 2. The van der Waals surface area contributed by atoms with Gasteiger partial charge in [0.15, 0.2) is 5.78 Å². The molecule has 1 heterocycles. The summed E-state index contributed by atoms with van der Waals surface area (Å²) < 4.78 is 5.08. The molecule has 88 valence electrons. The second-order valence-electron chi connectivity index (χ2n) is 4.35. The molecule has 5 heteroatoms. The minimum Gasteiger partial charge on any atom is -0.444 e. The third-order valence-electron chi connectivity index (χ3n) is 1.58. The smallest absolute Gasteiger partial charge is 0.412 e. The number of carbonyl (C=O) groups is 2. The van der Waals surface area contributed by atoms with E-state index in [1.54, 1.807) is 32.9 Å². The average Bonchev–Trinajstić information content (AvgIpc) is 2.48. The molecule has 1 aromatic heterocycles. The average molecular weight is 241 g/mol. The Labute approximate surface area is 98.6 Å². The first-order chi connectivity index (χ1) is 7.28. The van der Waals surface area contributed by atoms with Gasteiger partial charge < -0.3 is 4.74 Å². The van der Waals surface area contributed by atoms with Crippen molar-refractivity contribution in [2.24, 2.45) is 0 Å². The number of hydrogen-bond donors (Lipinski definition) is 1. The van der Waals surface area contributed by atoms with Crippen LogP contribution >= 0.6 is 11.3 Å². The van der Waals surface area contributed by atoms with Crippen LogP contribution in [0.4, 0.5) is 9.80 Å². The summed E-state index contributed by atoms with van der Waals surface area (Å²) >= 11 is 1.23. The molecule has 0 fully saturated rings. The molecule has 1 amide bonds. The van der Waals surface area contributed by atoms with Crippen LogP contribution in [0.1, 0.15) is 37.4 Å². The minimum atomic E-state index is -0.523. The fourth-order valence-corrected chi connectivity index (χ4v) is 1.79. The van der Waals surface area contributed by atoms with E-state index in [1.807, 2.05) is 0 Å². The van der Waals surface area contributed by atoms with E-state index >= 15 is 0 Å². The van der Waals surface area contributed by atoms with E-state index in [0.29, 0.717) is 9.88 Å². The number of Topliss-reactive ketones (excluding diaryl/α,β-unsaturated/α-hetero) is 1. The van der Waals surface area contributed by atoms with Crippen molar-refractivity contribution >= 4 is 28.2 Å². The lowest BCUT2D eigenvalue weighted by atomic mass is 10.2. The van der Waals surface area contributed by atoms with E-state index in [1.165, 1.54) is 18.3 Å². The summed E-state index contributed by atoms with van der Waals surface area (Å²) in [7, 11) is 0. The van der Waals surface area contributed by atoms with Crippen LogP contribution in [-0.2, 0) is 4.74 Å². The monoisotopic (exact) mass is 241 g/mol. The molecule has 16 heavy (non-hydrogen) atoms. The molecule has 0 bridgehead atoms. The van der Waals surface area contributed by atoms with Gasteiger partial charge in [-0.1, -0.05) is 0 Å². The maximum Gasteiger partial charge on any atom is 0.412 e. The maximum atomic E-state index is 11.4. The van der Waals surface area contributed by atoms with Gasteiger partial charge in [0.25, 0.3) is 0 Å². The predicted molar refractivity (Wildman–Crippen MR) is 64.2 cm³/mol. The first-order valence-corrected chi connectivity index (χ1v) is 5.70. The number of thiophene rings is 1. The molecule has 0 aliphatic carbocycles. The molecule has 0 aliphatic rings. The summed E-state index contributed by atoms with van der Waals surface area (Å²) in [4.78, 5) is 23.1. The van der Waals surface area contributed by atoms with Gasteiger partial charge in [-0.15, -0.1) is 11.3 Å². The summed E-state index contributed by atoms with van der Waals surface area (Å²) in [6.45, 7) is 6.87. The van der Waals surface area contributed by atoms with Crippen LogP contribution in [0.2, 0.25) is 0 Å². The van der Waals surface area contributed by atoms with Gasteiger partial charge in [0.1, 0.15) is 5.60 Å². The van der Waals surface area contributed by atoms with Gasteiger partial charge in [-0.3, -0.25) is 10.1 Å². The van der Waals surface area contributed by atoms with Crippen LogP contribution in [0.25, 0.3) is 0 Å². The number of hydrogen-bond acceptors (Lipinski definition) is 4. The summed E-state index contributed by atoms with van der Waals surface area (Å²) in [5.41, 5.74) is -0.523. The molecule has 0 radical (unpaired) electrons. The molecule has 1 N–H and O–H groups in total. The van der Waals surface area contributed by atoms with Crippen molar-refractivity contribution in [3.8, 4) is 0 Å². The zero-order valence-corrected chi connectivity index (χ0v) is 10.6. The van der Waals surface area contributed by atoms with E-state index in [0.717, 1.165) is 0 Å². The van der Waals surface area contributed by atoms with Gasteiger partial charge in [-0.2, -0.15) is 0 Å². The van der Waals surface area contributed by atoms with Crippen LogP contribution in [0.15, 0.2) is 12.1 Å². The number of ether oxygens (including phenoxy) is 1. The van der Waals surface area contributed by atoms with Crippen molar-refractivity contribution in [2.75, 3.05) is 5.32 Å². The van der Waals surface area contributed by atoms with E-state index in [-0.39, 0.29) is 5.78 Å². The van der Waals surface area contributed by atoms with Crippen molar-refractivity contribution in [1.29, 1.82) is 0 Å². The lowest BCUT2D eigenvalue weighted by Crippen LogP contribution is -2.26. The Morgan fingerprint density at radius 2 is 1.94 bits per heavy atom. The molecular formula is C11H15NO3S. The Hall–Kier alpha value is -1.36. The highest BCUT2D eigenvalue weighted by atomic mass is 32.1. The van der Waals surface area contributed by atoms with Crippen LogP contribution in [-0.4, -0.2) is 17.5 Å². The quantitative estimate of drug-likeness (QED) is 0.808. The summed E-state index contributed by atoms with van der Waals surface area (Å²) in [5, 5.41) is 3.19. The van der Waals surface area contributed by atoms with Gasteiger partial charge in [0, 0.05) is 0 Å². The molecule has 0 spiro atoms.